The van der Waals surface area contributed by atoms with Crippen LogP contribution in [0.4, 0.5) is 11.4 Å². The highest BCUT2D eigenvalue weighted by atomic mass is 35.5. The van der Waals surface area contributed by atoms with Crippen LogP contribution in [-0.2, 0) is 44.9 Å². The molecule has 718 valence electrons. The van der Waals surface area contributed by atoms with Crippen molar-refractivity contribution < 1.29 is 52.5 Å². The van der Waals surface area contributed by atoms with Crippen molar-refractivity contribution in [1.29, 1.82) is 0 Å². The molecule has 0 radical (unpaired) electrons. The van der Waals surface area contributed by atoms with Crippen LogP contribution < -0.4 is 28.6 Å². The van der Waals surface area contributed by atoms with Crippen LogP contribution in [0.2, 0.25) is 25.1 Å². The molecule has 0 aliphatic carbocycles. The van der Waals surface area contributed by atoms with Crippen LogP contribution >= 0.6 is 80.7 Å². The third-order valence-electron chi connectivity index (χ3n) is 19.7. The summed E-state index contributed by atoms with van der Waals surface area (Å²) in [5.74, 6) is 4.54. The van der Waals surface area contributed by atoms with Gasteiger partial charge in [0.05, 0.1) is 119 Å². The zero-order valence-corrected chi connectivity index (χ0v) is 83.0. The summed E-state index contributed by atoms with van der Waals surface area (Å²) in [6.07, 6.45) is 33.0. The van der Waals surface area contributed by atoms with Gasteiger partial charge in [0.2, 0.25) is 0 Å². The van der Waals surface area contributed by atoms with Crippen LogP contribution in [0, 0.1) is 34.6 Å². The fraction of sp³-hybridized carbons (Fsp3) is 0.132. The zero-order valence-electron chi connectivity index (χ0n) is 77.6. The summed E-state index contributed by atoms with van der Waals surface area (Å²) in [5.41, 5.74) is 13.3. The number of pyridine rings is 4. The number of anilines is 2. The first-order valence-corrected chi connectivity index (χ1v) is 47.3. The number of aromatic nitrogens is 18. The molecule has 0 saturated carbocycles. The van der Waals surface area contributed by atoms with Crippen molar-refractivity contribution in [1.82, 2.24) is 89.7 Å². The molecule has 0 bridgehead atoms. The first-order valence-electron chi connectivity index (χ1n) is 43.6. The summed E-state index contributed by atoms with van der Waals surface area (Å²) in [6.45, 7) is 11.6. The fourth-order valence-electron chi connectivity index (χ4n) is 13.2. The van der Waals surface area contributed by atoms with E-state index in [0.717, 1.165) is 78.8 Å². The van der Waals surface area contributed by atoms with E-state index in [9.17, 15) is 28.8 Å². The highest BCUT2D eigenvalue weighted by molar-refractivity contribution is 7.10. The Bertz CT molecular complexity index is 7360. The number of ether oxygens (including phenoxy) is 5. The van der Waals surface area contributed by atoms with Gasteiger partial charge in [0.1, 0.15) is 76.7 Å². The Hall–Kier alpha value is -16.1. The average molecular weight is 2040 g/mol. The van der Waals surface area contributed by atoms with Crippen molar-refractivity contribution in [3.63, 3.8) is 0 Å². The van der Waals surface area contributed by atoms with Gasteiger partial charge >= 0.3 is 0 Å². The average Bonchev–Trinajstić information content (AvgIpc) is 1.81. The standard InChI is InChI=1S/C19H16ClN3O2.C19H17N3O2.C18H14ClN3O2.C17H15ClN4OS.C17H12ClN3O2.C16H12ClN3O2S/c1-2-15-4-3-5-16(23-15)9-19(24)13-6-14(20)8-17(7-13)25-18-10-21-12-22-11-18;1-13-3-4-16(22-9-13)8-19(23)15-5-14(2)6-17(7-15)24-18-10-20-12-21-11-18;1-12-3-2-4-15(22-12)8-18(23)13-5-14(19)7-16(6-13)24-17-9-20-11-21-10-17;1-11-9-24-17(21-11)6-16(23)12-3-13(18)5-14(4-12)22(2)15-7-19-10-20-8-15;18-13-5-12(17(22)8-14-3-1-2-4-21-14)6-15(7-13)23-16-9-19-11-20-10-16;1-10-8-23-16(20-10)5-15(21)11-2-12(17)4-13(3-11)22-14-6-18-9-19-7-14/h3-8,10-12H,2,9H2,1H3;3-7,9-12H,8H2,1-2H3;2-7,9-11H,8H2,1H3;3-5,7-10H,6H2,1-2H3;1-7,9-11H,8H2;2-4,6-9H,5H2,1H3. The van der Waals surface area contributed by atoms with Crippen LogP contribution in [0.25, 0.3) is 0 Å². The SMILES string of the molecule is CCc1cccc(CC(=O)c2cc(Cl)cc(Oc3cncnc3)c2)n1.Cc1ccc(CC(=O)c2cc(C)cc(Oc3cncnc3)c2)nc1.Cc1cccc(CC(=O)c2cc(Cl)cc(Oc3cncnc3)c2)n1.Cc1csc(CC(=O)c2cc(Cl)cc(N(C)c3cncnc3)c2)n1.Cc1csc(CC(=O)c2cc(Cl)cc(Oc3cncnc3)c2)n1.O=C(Cc1ccccn1)c1cc(Cl)cc(Oc2cncnc2)c1. The van der Waals surface area contributed by atoms with Crippen molar-refractivity contribution in [2.45, 2.75) is 86.5 Å². The first kappa shape index (κ1) is 104. The Balaban J connectivity index is 0.000000144. The number of thiazole rings is 2. The van der Waals surface area contributed by atoms with Crippen LogP contribution in [0.15, 0.2) is 311 Å². The van der Waals surface area contributed by atoms with E-state index in [4.69, 9.17) is 81.7 Å². The Morgan fingerprint density at radius 3 is 0.965 bits per heavy atom. The van der Waals surface area contributed by atoms with Gasteiger partial charge in [0, 0.05) is 140 Å². The molecule has 143 heavy (non-hydrogen) atoms. The molecule has 0 fully saturated rings. The number of halogens is 5. The van der Waals surface area contributed by atoms with E-state index in [1.807, 2.05) is 137 Å². The third-order valence-corrected chi connectivity index (χ3v) is 22.8. The molecule has 6 aromatic carbocycles. The normalized spacial score (nSPS) is 10.5. The molecule has 0 aliphatic rings. The van der Waals surface area contributed by atoms with Gasteiger partial charge in [-0.15, -0.1) is 22.7 Å². The summed E-state index contributed by atoms with van der Waals surface area (Å²) in [7, 11) is 1.88. The molecule has 30 nitrogen and oxygen atoms in total. The summed E-state index contributed by atoms with van der Waals surface area (Å²) in [6, 6.07) is 51.0. The van der Waals surface area contributed by atoms with E-state index < -0.39 is 0 Å². The molecule has 18 rings (SSSR count). The number of benzene rings is 6. The maximum absolute atomic E-state index is 12.6. The Morgan fingerprint density at radius 1 is 0.280 bits per heavy atom. The Kier molecular flexibility index (Phi) is 38.5. The quantitative estimate of drug-likeness (QED) is 0.0364. The molecule has 0 spiro atoms. The second kappa shape index (κ2) is 52.8. The predicted octanol–water partition coefficient (Wildman–Crippen LogP) is 24.0. The summed E-state index contributed by atoms with van der Waals surface area (Å²) in [4.78, 5) is 150. The highest BCUT2D eigenvalue weighted by Gasteiger charge is 2.21. The van der Waals surface area contributed by atoms with Crippen molar-refractivity contribution in [2.75, 3.05) is 11.9 Å². The topological polar surface area (TPSA) is 384 Å². The maximum atomic E-state index is 12.6. The van der Waals surface area contributed by atoms with E-state index in [-0.39, 0.29) is 73.2 Å². The van der Waals surface area contributed by atoms with Crippen molar-refractivity contribution in [2.24, 2.45) is 0 Å². The van der Waals surface area contributed by atoms with Crippen LogP contribution in [0.1, 0.15) is 136 Å². The van der Waals surface area contributed by atoms with Gasteiger partial charge < -0.3 is 28.6 Å². The fourth-order valence-corrected chi connectivity index (χ4v) is 15.8. The zero-order chi connectivity index (χ0) is 101. The second-order valence-electron chi connectivity index (χ2n) is 31.2. The number of Topliss-reactive ketones (excluding diaryl/α,β-unsaturated/α-hetero) is 6. The monoisotopic (exact) mass is 2040 g/mol. The lowest BCUT2D eigenvalue weighted by atomic mass is 10.0. The number of carbonyl (C=O) groups excluding carboxylic acids is 6. The Morgan fingerprint density at radius 2 is 0.608 bits per heavy atom. The largest absolute Gasteiger partial charge is 0.454 e. The van der Waals surface area contributed by atoms with Gasteiger partial charge in [-0.2, -0.15) is 0 Å². The molecular formula is C106H86Cl5N19O11S2. The van der Waals surface area contributed by atoms with Crippen molar-refractivity contribution in [3.8, 4) is 57.5 Å². The lowest BCUT2D eigenvalue weighted by Crippen LogP contribution is -2.12. The smallest absolute Gasteiger partial charge is 0.169 e. The van der Waals surface area contributed by atoms with E-state index in [0.29, 0.717) is 122 Å². The van der Waals surface area contributed by atoms with Crippen LogP contribution in [0.5, 0.6) is 57.5 Å². The number of carbonyl (C=O) groups is 6. The van der Waals surface area contributed by atoms with Gasteiger partial charge in [-0.25, -0.2) is 69.8 Å². The summed E-state index contributed by atoms with van der Waals surface area (Å²) in [5, 5.41) is 7.66. The number of nitrogens with zero attached hydrogens (tertiary/aromatic N) is 19. The molecule has 37 heteroatoms. The molecule has 0 saturated heterocycles. The van der Waals surface area contributed by atoms with Crippen LogP contribution in [0.3, 0.4) is 0 Å². The molecule has 0 atom stereocenters. The lowest BCUT2D eigenvalue weighted by molar-refractivity contribution is 0.0983. The molecule has 12 heterocycles. The summed E-state index contributed by atoms with van der Waals surface area (Å²) >= 11 is 33.6. The molecule has 18 aromatic rings. The van der Waals surface area contributed by atoms with Gasteiger partial charge in [-0.1, -0.05) is 89.2 Å². The number of aryl methyl sites for hydroxylation is 6. The number of ketones is 6. The molecule has 0 unspecified atom stereocenters. The molecule has 0 aliphatic heterocycles. The molecule has 0 N–H and O–H groups in total. The number of rotatable bonds is 31. The minimum atomic E-state index is -0.0830. The predicted molar refractivity (Wildman–Crippen MR) is 547 cm³/mol. The lowest BCUT2D eigenvalue weighted by Gasteiger charge is -2.19. The van der Waals surface area contributed by atoms with E-state index >= 15 is 0 Å². The van der Waals surface area contributed by atoms with Gasteiger partial charge in [0.15, 0.2) is 63.4 Å². The second-order valence-corrected chi connectivity index (χ2v) is 35.3. The first-order chi connectivity index (χ1) is 69.2. The molecule has 12 aromatic heterocycles. The summed E-state index contributed by atoms with van der Waals surface area (Å²) < 4.78 is 28.3. The minimum absolute atomic E-state index is 0.00390. The van der Waals surface area contributed by atoms with Gasteiger partial charge in [0.25, 0.3) is 0 Å². The molecular weight excluding hydrogens is 1960 g/mol. The third kappa shape index (κ3) is 34.2. The highest BCUT2D eigenvalue weighted by Crippen LogP contribution is 2.34. The van der Waals surface area contributed by atoms with E-state index in [1.54, 1.807) is 140 Å². The number of hydrogen-bond acceptors (Lipinski definition) is 32. The van der Waals surface area contributed by atoms with Gasteiger partial charge in [-0.3, -0.25) is 48.7 Å². The number of hydrogen-bond donors (Lipinski definition) is 0. The van der Waals surface area contributed by atoms with Crippen molar-refractivity contribution >= 4 is 127 Å². The van der Waals surface area contributed by atoms with Crippen molar-refractivity contribution in [3.05, 3.63) is 437 Å². The molecule has 0 amide bonds. The minimum Gasteiger partial charge on any atom is -0.454 e. The van der Waals surface area contributed by atoms with E-state index in [2.05, 4.69) is 89.7 Å². The maximum Gasteiger partial charge on any atom is 0.169 e. The van der Waals surface area contributed by atoms with Gasteiger partial charge in [-0.05, 0) is 204 Å². The van der Waals surface area contributed by atoms with Crippen LogP contribution in [-0.4, -0.2) is 131 Å². The Labute approximate surface area is 855 Å². The van der Waals surface area contributed by atoms with E-state index in [1.165, 1.54) is 110 Å².